The first-order valence-corrected chi connectivity index (χ1v) is 10.3. The molecule has 0 spiro atoms. The highest BCUT2D eigenvalue weighted by Crippen LogP contribution is 2.24. The third-order valence-corrected chi connectivity index (χ3v) is 5.10. The van der Waals surface area contributed by atoms with Gasteiger partial charge in [-0.25, -0.2) is 4.98 Å². The lowest BCUT2D eigenvalue weighted by molar-refractivity contribution is 0.226. The summed E-state index contributed by atoms with van der Waals surface area (Å²) in [6.07, 6.45) is 0. The standard InChI is InChI=1S/C23H28N4O2/c1-17(2)16-29-21-10-6-5-9-20(21)27-22(15-26-13-11-24-12-14-26)25-19-8-4-3-7-18(19)23(27)28/h3-10,17,24H,11-16H2,1-2H3. The molecule has 6 nitrogen and oxygen atoms in total. The van der Waals surface area contributed by atoms with E-state index in [1.165, 1.54) is 0 Å². The Kier molecular flexibility index (Phi) is 5.92. The van der Waals surface area contributed by atoms with Gasteiger partial charge >= 0.3 is 0 Å². The van der Waals surface area contributed by atoms with E-state index in [0.29, 0.717) is 30.2 Å². The fourth-order valence-corrected chi connectivity index (χ4v) is 3.62. The summed E-state index contributed by atoms with van der Waals surface area (Å²) < 4.78 is 7.79. The van der Waals surface area contributed by atoms with Gasteiger partial charge in [0.05, 0.1) is 29.7 Å². The van der Waals surface area contributed by atoms with Gasteiger partial charge in [0.25, 0.3) is 5.56 Å². The highest BCUT2D eigenvalue weighted by molar-refractivity contribution is 5.78. The lowest BCUT2D eigenvalue weighted by atomic mass is 10.2. The molecule has 1 aromatic heterocycles. The Hall–Kier alpha value is -2.70. The molecule has 1 aliphatic rings. The van der Waals surface area contributed by atoms with Crippen LogP contribution in [0.3, 0.4) is 0 Å². The molecule has 1 fully saturated rings. The second-order valence-corrected chi connectivity index (χ2v) is 7.88. The van der Waals surface area contributed by atoms with E-state index in [2.05, 4.69) is 24.1 Å². The fraction of sp³-hybridized carbons (Fsp3) is 0.391. The first kappa shape index (κ1) is 19.6. The van der Waals surface area contributed by atoms with Gasteiger partial charge in [-0.1, -0.05) is 38.1 Å². The molecule has 1 N–H and O–H groups in total. The summed E-state index contributed by atoms with van der Waals surface area (Å²) in [7, 11) is 0. The molecular weight excluding hydrogens is 364 g/mol. The molecule has 2 heterocycles. The normalized spacial score (nSPS) is 15.1. The van der Waals surface area contributed by atoms with Crippen LogP contribution in [0.1, 0.15) is 19.7 Å². The number of para-hydroxylation sites is 3. The second kappa shape index (κ2) is 8.76. The van der Waals surface area contributed by atoms with Crippen molar-refractivity contribution in [1.82, 2.24) is 19.8 Å². The maximum atomic E-state index is 13.5. The lowest BCUT2D eigenvalue weighted by Gasteiger charge is -2.28. The monoisotopic (exact) mass is 392 g/mol. The van der Waals surface area contributed by atoms with Crippen LogP contribution in [0.25, 0.3) is 16.6 Å². The predicted octanol–water partition coefficient (Wildman–Crippen LogP) is 2.83. The zero-order chi connectivity index (χ0) is 20.2. The number of nitrogens with zero attached hydrogens (tertiary/aromatic N) is 3. The van der Waals surface area contributed by atoms with Crippen LogP contribution in [0, 0.1) is 5.92 Å². The summed E-state index contributed by atoms with van der Waals surface area (Å²) in [6, 6.07) is 15.3. The number of nitrogens with one attached hydrogen (secondary N) is 1. The van der Waals surface area contributed by atoms with Crippen molar-refractivity contribution >= 4 is 10.9 Å². The van der Waals surface area contributed by atoms with Gasteiger partial charge in [0, 0.05) is 26.2 Å². The minimum Gasteiger partial charge on any atom is -0.491 e. The van der Waals surface area contributed by atoms with Crippen molar-refractivity contribution in [2.24, 2.45) is 5.92 Å². The topological polar surface area (TPSA) is 59.4 Å². The smallest absolute Gasteiger partial charge is 0.266 e. The minimum absolute atomic E-state index is 0.0543. The van der Waals surface area contributed by atoms with Gasteiger partial charge in [-0.05, 0) is 30.2 Å². The highest BCUT2D eigenvalue weighted by Gasteiger charge is 2.19. The van der Waals surface area contributed by atoms with Crippen molar-refractivity contribution in [3.8, 4) is 11.4 Å². The molecule has 6 heteroatoms. The summed E-state index contributed by atoms with van der Waals surface area (Å²) in [5, 5.41) is 3.99. The highest BCUT2D eigenvalue weighted by atomic mass is 16.5. The molecule has 29 heavy (non-hydrogen) atoms. The van der Waals surface area contributed by atoms with Crippen molar-refractivity contribution in [3.63, 3.8) is 0 Å². The van der Waals surface area contributed by atoms with Crippen LogP contribution in [0.2, 0.25) is 0 Å². The third-order valence-electron chi connectivity index (χ3n) is 5.10. The van der Waals surface area contributed by atoms with Crippen molar-refractivity contribution in [1.29, 1.82) is 0 Å². The van der Waals surface area contributed by atoms with Crippen LogP contribution in [-0.2, 0) is 6.54 Å². The molecular formula is C23H28N4O2. The molecule has 0 aliphatic carbocycles. The maximum absolute atomic E-state index is 13.5. The first-order valence-electron chi connectivity index (χ1n) is 10.3. The molecule has 152 valence electrons. The molecule has 0 atom stereocenters. The summed E-state index contributed by atoms with van der Waals surface area (Å²) in [6.45, 7) is 9.23. The number of fused-ring (bicyclic) bond motifs is 1. The summed E-state index contributed by atoms with van der Waals surface area (Å²) in [4.78, 5) is 20.7. The van der Waals surface area contributed by atoms with Crippen LogP contribution in [0.5, 0.6) is 5.75 Å². The SMILES string of the molecule is CC(C)COc1ccccc1-n1c(CN2CCNCC2)nc2ccccc2c1=O. The van der Waals surface area contributed by atoms with Crippen LogP contribution in [-0.4, -0.2) is 47.2 Å². The van der Waals surface area contributed by atoms with Gasteiger partial charge in [-0.2, -0.15) is 0 Å². The molecule has 1 aliphatic heterocycles. The number of hydrogen-bond donors (Lipinski definition) is 1. The number of ether oxygens (including phenoxy) is 1. The van der Waals surface area contributed by atoms with Gasteiger partial charge in [0.1, 0.15) is 11.6 Å². The van der Waals surface area contributed by atoms with E-state index in [1.807, 2.05) is 48.5 Å². The number of hydrogen-bond acceptors (Lipinski definition) is 5. The number of rotatable bonds is 6. The Bertz CT molecular complexity index is 1040. The van der Waals surface area contributed by atoms with Crippen LogP contribution < -0.4 is 15.6 Å². The lowest BCUT2D eigenvalue weighted by Crippen LogP contribution is -2.44. The van der Waals surface area contributed by atoms with Crippen LogP contribution >= 0.6 is 0 Å². The molecule has 4 rings (SSSR count). The van der Waals surface area contributed by atoms with E-state index in [-0.39, 0.29) is 5.56 Å². The molecule has 0 amide bonds. The number of benzene rings is 2. The van der Waals surface area contributed by atoms with Crippen molar-refractivity contribution in [3.05, 3.63) is 64.7 Å². The summed E-state index contributed by atoms with van der Waals surface area (Å²) >= 11 is 0. The number of aromatic nitrogens is 2. The molecule has 3 aromatic rings. The fourth-order valence-electron chi connectivity index (χ4n) is 3.62. The summed E-state index contributed by atoms with van der Waals surface area (Å²) in [5.41, 5.74) is 1.43. The zero-order valence-corrected chi connectivity index (χ0v) is 17.1. The maximum Gasteiger partial charge on any atom is 0.266 e. The quantitative estimate of drug-likeness (QED) is 0.699. The van der Waals surface area contributed by atoms with Gasteiger partial charge < -0.3 is 10.1 Å². The molecule has 0 radical (unpaired) electrons. The van der Waals surface area contributed by atoms with Crippen molar-refractivity contribution < 1.29 is 4.74 Å². The molecule has 2 aromatic carbocycles. The van der Waals surface area contributed by atoms with Gasteiger partial charge in [-0.15, -0.1) is 0 Å². The van der Waals surface area contributed by atoms with Crippen LogP contribution in [0.4, 0.5) is 0 Å². The zero-order valence-electron chi connectivity index (χ0n) is 17.1. The Morgan fingerprint density at radius 3 is 2.59 bits per heavy atom. The third kappa shape index (κ3) is 4.33. The molecule has 0 unspecified atom stereocenters. The van der Waals surface area contributed by atoms with E-state index in [4.69, 9.17) is 9.72 Å². The molecule has 0 saturated carbocycles. The van der Waals surface area contributed by atoms with Gasteiger partial charge in [0.2, 0.25) is 0 Å². The van der Waals surface area contributed by atoms with E-state index in [9.17, 15) is 4.79 Å². The van der Waals surface area contributed by atoms with E-state index in [0.717, 1.165) is 43.2 Å². The van der Waals surface area contributed by atoms with Crippen LogP contribution in [0.15, 0.2) is 53.3 Å². The molecule has 1 saturated heterocycles. The van der Waals surface area contributed by atoms with E-state index in [1.54, 1.807) is 4.57 Å². The average molecular weight is 393 g/mol. The van der Waals surface area contributed by atoms with Gasteiger partial charge in [-0.3, -0.25) is 14.3 Å². The largest absolute Gasteiger partial charge is 0.491 e. The van der Waals surface area contributed by atoms with E-state index < -0.39 is 0 Å². The Balaban J connectivity index is 1.85. The van der Waals surface area contributed by atoms with Gasteiger partial charge in [0.15, 0.2) is 0 Å². The Labute approximate surface area is 171 Å². The Morgan fingerprint density at radius 2 is 1.79 bits per heavy atom. The Morgan fingerprint density at radius 1 is 1.07 bits per heavy atom. The number of piperazine rings is 1. The predicted molar refractivity (Wildman–Crippen MR) is 116 cm³/mol. The first-order chi connectivity index (χ1) is 14.1. The second-order valence-electron chi connectivity index (χ2n) is 7.88. The molecule has 0 bridgehead atoms. The van der Waals surface area contributed by atoms with Crippen molar-refractivity contribution in [2.75, 3.05) is 32.8 Å². The van der Waals surface area contributed by atoms with E-state index >= 15 is 0 Å². The minimum atomic E-state index is -0.0543. The average Bonchev–Trinajstić information content (AvgIpc) is 2.74. The van der Waals surface area contributed by atoms with Crippen molar-refractivity contribution in [2.45, 2.75) is 20.4 Å². The summed E-state index contributed by atoms with van der Waals surface area (Å²) in [5.74, 6) is 1.85.